The standard InChI is InChI=1S/C32H42ClNO4/c1-5-8-30(35)32(4)15-14-26(32)19-34-16-7-6-9-23-17-27(33)12-10-25(23)21-37-29-13-11-24(18-28(29)34)31(36)38-20-22(2)3/h5,10-13,17-18,22,26,30,35H,1,6-9,14-16,19-21H2,2-4H3/t26-,30-,32+/m1/s1. The first-order valence-corrected chi connectivity index (χ1v) is 14.3. The molecule has 0 bridgehead atoms. The van der Waals surface area contributed by atoms with Crippen LogP contribution in [-0.4, -0.2) is 36.9 Å². The number of aryl methyl sites for hydroxylation is 1. The quantitative estimate of drug-likeness (QED) is 0.283. The lowest BCUT2D eigenvalue weighted by atomic mass is 9.57. The summed E-state index contributed by atoms with van der Waals surface area (Å²) in [6, 6.07) is 11.6. The van der Waals surface area contributed by atoms with E-state index in [2.05, 4.69) is 18.4 Å². The molecule has 206 valence electrons. The van der Waals surface area contributed by atoms with Gasteiger partial charge in [0.1, 0.15) is 12.4 Å². The topological polar surface area (TPSA) is 59.0 Å². The molecule has 1 fully saturated rings. The minimum Gasteiger partial charge on any atom is -0.487 e. The molecule has 1 heterocycles. The Hall–Kier alpha value is -2.50. The second-order valence-electron chi connectivity index (χ2n) is 11.6. The summed E-state index contributed by atoms with van der Waals surface area (Å²) in [5.41, 5.74) is 3.65. The first kappa shape index (κ1) is 28.5. The molecule has 5 nitrogen and oxygen atoms in total. The highest BCUT2D eigenvalue weighted by atomic mass is 35.5. The van der Waals surface area contributed by atoms with Crippen molar-refractivity contribution in [1.29, 1.82) is 0 Å². The second kappa shape index (κ2) is 12.6. The predicted octanol–water partition coefficient (Wildman–Crippen LogP) is 7.23. The molecule has 0 spiro atoms. The molecule has 38 heavy (non-hydrogen) atoms. The Balaban J connectivity index is 1.66. The number of carbonyl (C=O) groups is 1. The molecule has 1 N–H and O–H groups in total. The Labute approximate surface area is 232 Å². The zero-order valence-electron chi connectivity index (χ0n) is 23.0. The average molecular weight is 540 g/mol. The van der Waals surface area contributed by atoms with Crippen LogP contribution in [0.3, 0.4) is 0 Å². The van der Waals surface area contributed by atoms with E-state index in [0.717, 1.165) is 67.2 Å². The summed E-state index contributed by atoms with van der Waals surface area (Å²) in [6.07, 6.45) is 7.02. The molecule has 1 aliphatic heterocycles. The first-order chi connectivity index (χ1) is 18.2. The molecule has 0 radical (unpaired) electrons. The molecular formula is C32H42ClNO4. The minimum atomic E-state index is -0.407. The molecule has 1 aliphatic carbocycles. The number of benzene rings is 2. The van der Waals surface area contributed by atoms with Crippen molar-refractivity contribution >= 4 is 23.3 Å². The second-order valence-corrected chi connectivity index (χ2v) is 12.0. The third kappa shape index (κ3) is 6.55. The fraction of sp³-hybridized carbons (Fsp3) is 0.531. The number of hydrogen-bond donors (Lipinski definition) is 1. The Morgan fingerprint density at radius 1 is 1.26 bits per heavy atom. The lowest BCUT2D eigenvalue weighted by Crippen LogP contribution is -2.51. The van der Waals surface area contributed by atoms with Crippen LogP contribution < -0.4 is 9.64 Å². The van der Waals surface area contributed by atoms with Gasteiger partial charge in [-0.3, -0.25) is 0 Å². The highest BCUT2D eigenvalue weighted by Gasteiger charge is 2.48. The number of halogens is 1. The molecule has 0 saturated heterocycles. The van der Waals surface area contributed by atoms with Gasteiger partial charge < -0.3 is 19.5 Å². The molecule has 6 heteroatoms. The summed E-state index contributed by atoms with van der Waals surface area (Å²) < 4.78 is 12.0. The Morgan fingerprint density at radius 2 is 2.08 bits per heavy atom. The summed E-state index contributed by atoms with van der Waals surface area (Å²) in [5.74, 6) is 1.04. The fourth-order valence-electron chi connectivity index (χ4n) is 5.63. The van der Waals surface area contributed by atoms with Crippen molar-refractivity contribution in [3.63, 3.8) is 0 Å². The van der Waals surface area contributed by atoms with Gasteiger partial charge in [0.05, 0.1) is 24.0 Å². The lowest BCUT2D eigenvalue weighted by Gasteiger charge is -2.52. The average Bonchev–Trinajstić information content (AvgIpc) is 2.92. The summed E-state index contributed by atoms with van der Waals surface area (Å²) in [5, 5.41) is 11.6. The maximum Gasteiger partial charge on any atom is 0.338 e. The molecule has 3 atom stereocenters. The van der Waals surface area contributed by atoms with E-state index in [1.807, 2.05) is 44.2 Å². The molecule has 2 aromatic rings. The summed E-state index contributed by atoms with van der Waals surface area (Å²) in [6.45, 7) is 12.5. The summed E-state index contributed by atoms with van der Waals surface area (Å²) in [7, 11) is 0. The van der Waals surface area contributed by atoms with Gasteiger partial charge in [-0.2, -0.15) is 0 Å². The number of carbonyl (C=O) groups excluding carboxylic acids is 1. The van der Waals surface area contributed by atoms with Gasteiger partial charge in [-0.15, -0.1) is 6.58 Å². The van der Waals surface area contributed by atoms with Gasteiger partial charge in [-0.1, -0.05) is 44.5 Å². The van der Waals surface area contributed by atoms with Crippen molar-refractivity contribution in [3.8, 4) is 5.75 Å². The number of hydrogen-bond acceptors (Lipinski definition) is 5. The van der Waals surface area contributed by atoms with Crippen molar-refractivity contribution in [2.75, 3.05) is 24.6 Å². The summed E-state index contributed by atoms with van der Waals surface area (Å²) >= 11 is 6.31. The molecule has 4 rings (SSSR count). The number of aliphatic hydroxyl groups is 1. The number of aliphatic hydroxyl groups excluding tert-OH is 1. The monoisotopic (exact) mass is 539 g/mol. The number of esters is 1. The van der Waals surface area contributed by atoms with Gasteiger partial charge in [0.25, 0.3) is 0 Å². The Morgan fingerprint density at radius 3 is 2.79 bits per heavy atom. The fourth-order valence-corrected chi connectivity index (χ4v) is 5.82. The van der Waals surface area contributed by atoms with Crippen molar-refractivity contribution in [2.24, 2.45) is 17.3 Å². The molecule has 0 amide bonds. The molecule has 0 unspecified atom stereocenters. The van der Waals surface area contributed by atoms with Crippen LogP contribution in [0.25, 0.3) is 0 Å². The molecule has 2 aliphatic rings. The van der Waals surface area contributed by atoms with Gasteiger partial charge in [-0.05, 0) is 97.2 Å². The zero-order chi connectivity index (χ0) is 27.3. The maximum absolute atomic E-state index is 12.9. The van der Waals surface area contributed by atoms with Crippen LogP contribution in [0.1, 0.15) is 74.4 Å². The molecule has 1 saturated carbocycles. The third-order valence-electron chi connectivity index (χ3n) is 8.31. The minimum absolute atomic E-state index is 0.151. The largest absolute Gasteiger partial charge is 0.487 e. The number of nitrogens with zero attached hydrogens (tertiary/aromatic N) is 1. The lowest BCUT2D eigenvalue weighted by molar-refractivity contribution is -0.0693. The number of ether oxygens (including phenoxy) is 2. The molecule has 0 aromatic heterocycles. The van der Waals surface area contributed by atoms with Crippen molar-refractivity contribution < 1.29 is 19.4 Å². The zero-order valence-corrected chi connectivity index (χ0v) is 23.8. The smallest absolute Gasteiger partial charge is 0.338 e. The van der Waals surface area contributed by atoms with E-state index in [1.165, 1.54) is 5.56 Å². The Bertz CT molecular complexity index is 1130. The van der Waals surface area contributed by atoms with Crippen molar-refractivity contribution in [3.05, 3.63) is 70.8 Å². The predicted molar refractivity (Wildman–Crippen MR) is 154 cm³/mol. The van der Waals surface area contributed by atoms with E-state index in [9.17, 15) is 9.90 Å². The van der Waals surface area contributed by atoms with E-state index in [1.54, 1.807) is 12.1 Å². The van der Waals surface area contributed by atoms with Gasteiger partial charge >= 0.3 is 5.97 Å². The van der Waals surface area contributed by atoms with E-state index in [0.29, 0.717) is 31.1 Å². The molecule has 2 aromatic carbocycles. The number of fused-ring (bicyclic) bond motifs is 2. The van der Waals surface area contributed by atoms with Crippen molar-refractivity contribution in [2.45, 2.75) is 72.0 Å². The van der Waals surface area contributed by atoms with E-state index in [4.69, 9.17) is 21.1 Å². The van der Waals surface area contributed by atoms with Gasteiger partial charge in [0.15, 0.2) is 0 Å². The van der Waals surface area contributed by atoms with Crippen LogP contribution >= 0.6 is 11.6 Å². The first-order valence-electron chi connectivity index (χ1n) is 14.0. The third-order valence-corrected chi connectivity index (χ3v) is 8.55. The van der Waals surface area contributed by atoms with Crippen LogP contribution in [0, 0.1) is 17.3 Å². The van der Waals surface area contributed by atoms with Crippen LogP contribution in [-0.2, 0) is 17.8 Å². The summed E-state index contributed by atoms with van der Waals surface area (Å²) in [4.78, 5) is 15.2. The van der Waals surface area contributed by atoms with Crippen LogP contribution in [0.2, 0.25) is 5.02 Å². The highest BCUT2D eigenvalue weighted by Crippen LogP contribution is 2.51. The number of rotatable bonds is 8. The van der Waals surface area contributed by atoms with E-state index < -0.39 is 6.10 Å². The van der Waals surface area contributed by atoms with Crippen LogP contribution in [0.4, 0.5) is 5.69 Å². The number of anilines is 1. The van der Waals surface area contributed by atoms with Gasteiger partial charge in [-0.25, -0.2) is 4.79 Å². The SMILES string of the molecule is C=CC[C@@H](O)[C@@]1(C)CC[C@@H]1CN1CCCCc2cc(Cl)ccc2COc2ccc(C(=O)OCC(C)C)cc21. The van der Waals surface area contributed by atoms with E-state index in [-0.39, 0.29) is 17.3 Å². The highest BCUT2D eigenvalue weighted by molar-refractivity contribution is 6.30. The van der Waals surface area contributed by atoms with Gasteiger partial charge in [0, 0.05) is 18.1 Å². The van der Waals surface area contributed by atoms with Gasteiger partial charge in [0.2, 0.25) is 0 Å². The van der Waals surface area contributed by atoms with Crippen molar-refractivity contribution in [1.82, 2.24) is 0 Å². The van der Waals surface area contributed by atoms with Crippen LogP contribution in [0.15, 0.2) is 49.1 Å². The Kier molecular flexibility index (Phi) is 9.43. The van der Waals surface area contributed by atoms with Crippen LogP contribution in [0.5, 0.6) is 5.75 Å². The normalized spacial score (nSPS) is 22.3. The van der Waals surface area contributed by atoms with E-state index >= 15 is 0 Å². The molecular weight excluding hydrogens is 498 g/mol. The maximum atomic E-state index is 12.9.